The van der Waals surface area contributed by atoms with Gasteiger partial charge >= 0.3 is 12.1 Å². The number of hydrogen-bond acceptors (Lipinski definition) is 7. The number of nitrogens with zero attached hydrogens (tertiary/aromatic N) is 1. The van der Waals surface area contributed by atoms with E-state index >= 15 is 0 Å². The Bertz CT molecular complexity index is 1020. The van der Waals surface area contributed by atoms with Crippen LogP contribution in [0.3, 0.4) is 0 Å². The molecule has 0 radical (unpaired) electrons. The predicted molar refractivity (Wildman–Crippen MR) is 149 cm³/mol. The summed E-state index contributed by atoms with van der Waals surface area (Å²) in [6.07, 6.45) is 4.60. The molecule has 0 spiro atoms. The lowest BCUT2D eigenvalue weighted by atomic mass is 9.84. The summed E-state index contributed by atoms with van der Waals surface area (Å²) in [7, 11) is 2.68. The molecule has 1 aliphatic carbocycles. The first-order chi connectivity index (χ1) is 19.1. The largest absolute Gasteiger partial charge is 0.467 e. The molecule has 2 unspecified atom stereocenters. The normalized spacial score (nSPS) is 14.8. The molecule has 0 saturated heterocycles. The monoisotopic (exact) mass is 580 g/mol. The Balaban J connectivity index is 2.03. The number of halogens is 1. The zero-order chi connectivity index (χ0) is 29.5. The molecular formula is C28H41ClN4O7. The second-order valence-corrected chi connectivity index (χ2v) is 10.4. The van der Waals surface area contributed by atoms with Crippen LogP contribution in [-0.2, 0) is 35.3 Å². The molecule has 0 aliphatic heterocycles. The maximum atomic E-state index is 13.3. The molecule has 12 heteroatoms. The molecule has 4 amide bonds. The highest BCUT2D eigenvalue weighted by Gasteiger charge is 2.31. The number of carbonyl (C=O) groups excluding carboxylic acids is 5. The van der Waals surface area contributed by atoms with Gasteiger partial charge in [-0.25, -0.2) is 9.59 Å². The number of benzene rings is 1. The van der Waals surface area contributed by atoms with Crippen LogP contribution in [0.4, 0.5) is 4.79 Å². The van der Waals surface area contributed by atoms with Crippen molar-refractivity contribution in [2.24, 2.45) is 5.92 Å². The lowest BCUT2D eigenvalue weighted by Crippen LogP contribution is -2.52. The average molecular weight is 581 g/mol. The molecule has 0 heterocycles. The van der Waals surface area contributed by atoms with E-state index in [1.165, 1.54) is 19.1 Å². The van der Waals surface area contributed by atoms with Crippen LogP contribution in [0, 0.1) is 5.92 Å². The molecule has 0 aromatic heterocycles. The minimum absolute atomic E-state index is 0.0269. The highest BCUT2D eigenvalue weighted by Crippen LogP contribution is 2.27. The van der Waals surface area contributed by atoms with Crippen molar-refractivity contribution < 1.29 is 33.4 Å². The van der Waals surface area contributed by atoms with Crippen molar-refractivity contribution >= 4 is 41.4 Å². The minimum Gasteiger partial charge on any atom is -0.467 e. The van der Waals surface area contributed by atoms with Crippen molar-refractivity contribution in [1.82, 2.24) is 20.9 Å². The fraction of sp³-hybridized carbons (Fsp3) is 0.607. The van der Waals surface area contributed by atoms with Gasteiger partial charge in [0.2, 0.25) is 17.7 Å². The number of carbonyl (C=O) groups is 5. The average Bonchev–Trinajstić information content (AvgIpc) is 2.93. The predicted octanol–water partition coefficient (Wildman–Crippen LogP) is 2.94. The maximum Gasteiger partial charge on any atom is 0.408 e. The molecule has 1 fully saturated rings. The van der Waals surface area contributed by atoms with E-state index in [-0.39, 0.29) is 43.7 Å². The fourth-order valence-corrected chi connectivity index (χ4v) is 4.84. The van der Waals surface area contributed by atoms with E-state index in [2.05, 4.69) is 16.0 Å². The number of nitrogens with one attached hydrogen (secondary N) is 3. The van der Waals surface area contributed by atoms with Crippen molar-refractivity contribution in [3.63, 3.8) is 0 Å². The van der Waals surface area contributed by atoms with Crippen molar-refractivity contribution in [3.05, 3.63) is 34.9 Å². The Kier molecular flexibility index (Phi) is 14.3. The molecule has 40 heavy (non-hydrogen) atoms. The number of rotatable bonds is 14. The third kappa shape index (κ3) is 11.8. The number of likely N-dealkylation sites (N-methyl/N-ethyl adjacent to an activating group) is 2. The number of ether oxygens (including phenoxy) is 2. The molecule has 1 aromatic carbocycles. The van der Waals surface area contributed by atoms with Gasteiger partial charge < -0.3 is 30.3 Å². The Hall–Kier alpha value is -3.34. The smallest absolute Gasteiger partial charge is 0.408 e. The first kappa shape index (κ1) is 32.9. The topological polar surface area (TPSA) is 143 Å². The van der Waals surface area contributed by atoms with Crippen LogP contribution in [0.25, 0.3) is 0 Å². The Labute approximate surface area is 240 Å². The van der Waals surface area contributed by atoms with Gasteiger partial charge in [0.15, 0.2) is 0 Å². The van der Waals surface area contributed by atoms with Gasteiger partial charge in [-0.05, 0) is 43.4 Å². The molecule has 1 aromatic rings. The Morgan fingerprint density at radius 2 is 1.80 bits per heavy atom. The number of hydrogen-bond donors (Lipinski definition) is 3. The van der Waals surface area contributed by atoms with Gasteiger partial charge in [-0.2, -0.15) is 0 Å². The first-order valence-electron chi connectivity index (χ1n) is 13.7. The SMILES string of the molecule is CCNC(=O)CN(C)C(=O)CCC(NC(=O)C(CC1CCCCC1)NC(=O)OCc1cccc(Cl)c1)C(=O)OC. The molecule has 1 aliphatic rings. The number of esters is 1. The maximum absolute atomic E-state index is 13.3. The second kappa shape index (κ2) is 17.4. The first-order valence-corrected chi connectivity index (χ1v) is 14.1. The van der Waals surface area contributed by atoms with Crippen LogP contribution in [-0.4, -0.2) is 74.0 Å². The van der Waals surface area contributed by atoms with E-state index in [0.29, 0.717) is 23.6 Å². The summed E-state index contributed by atoms with van der Waals surface area (Å²) in [5, 5.41) is 8.43. The summed E-state index contributed by atoms with van der Waals surface area (Å²) < 4.78 is 10.2. The zero-order valence-corrected chi connectivity index (χ0v) is 24.3. The van der Waals surface area contributed by atoms with E-state index < -0.39 is 30.1 Å². The molecule has 3 N–H and O–H groups in total. The lowest BCUT2D eigenvalue weighted by Gasteiger charge is -2.27. The molecular weight excluding hydrogens is 540 g/mol. The van der Waals surface area contributed by atoms with Gasteiger partial charge in [0.1, 0.15) is 18.7 Å². The van der Waals surface area contributed by atoms with Crippen LogP contribution < -0.4 is 16.0 Å². The van der Waals surface area contributed by atoms with E-state index in [0.717, 1.165) is 32.1 Å². The van der Waals surface area contributed by atoms with Gasteiger partial charge in [-0.15, -0.1) is 0 Å². The van der Waals surface area contributed by atoms with E-state index in [1.54, 1.807) is 31.2 Å². The number of amides is 4. The van der Waals surface area contributed by atoms with Crippen molar-refractivity contribution in [1.29, 1.82) is 0 Å². The molecule has 2 atom stereocenters. The molecule has 11 nitrogen and oxygen atoms in total. The fourth-order valence-electron chi connectivity index (χ4n) is 4.63. The van der Waals surface area contributed by atoms with E-state index in [9.17, 15) is 24.0 Å². The number of alkyl carbamates (subject to hydrolysis) is 1. The summed E-state index contributed by atoms with van der Waals surface area (Å²) in [6.45, 7) is 2.08. The van der Waals surface area contributed by atoms with Crippen molar-refractivity contribution in [3.8, 4) is 0 Å². The summed E-state index contributed by atoms with van der Waals surface area (Å²) in [5.41, 5.74) is 0.698. The van der Waals surface area contributed by atoms with Crippen LogP contribution in [0.2, 0.25) is 5.02 Å². The summed E-state index contributed by atoms with van der Waals surface area (Å²) >= 11 is 5.99. The Morgan fingerprint density at radius 1 is 1.07 bits per heavy atom. The van der Waals surface area contributed by atoms with E-state index in [4.69, 9.17) is 21.1 Å². The van der Waals surface area contributed by atoms with Crippen molar-refractivity contribution in [2.45, 2.75) is 77.0 Å². The van der Waals surface area contributed by atoms with E-state index in [1.807, 2.05) is 0 Å². The third-order valence-corrected chi connectivity index (χ3v) is 7.03. The highest BCUT2D eigenvalue weighted by atomic mass is 35.5. The molecule has 2 rings (SSSR count). The minimum atomic E-state index is -1.11. The highest BCUT2D eigenvalue weighted by molar-refractivity contribution is 6.30. The van der Waals surface area contributed by atoms with Crippen LogP contribution in [0.1, 0.15) is 63.9 Å². The number of methoxy groups -OCH3 is 1. The van der Waals surface area contributed by atoms with Crippen LogP contribution >= 0.6 is 11.6 Å². The van der Waals surface area contributed by atoms with Crippen molar-refractivity contribution in [2.75, 3.05) is 27.2 Å². The third-order valence-electron chi connectivity index (χ3n) is 6.79. The summed E-state index contributed by atoms with van der Waals surface area (Å²) in [4.78, 5) is 64.0. The summed E-state index contributed by atoms with van der Waals surface area (Å²) in [5.74, 6) is -1.71. The van der Waals surface area contributed by atoms with Gasteiger partial charge in [0, 0.05) is 25.0 Å². The van der Waals surface area contributed by atoms with Gasteiger partial charge in [-0.3, -0.25) is 14.4 Å². The lowest BCUT2D eigenvalue weighted by molar-refractivity contribution is -0.146. The molecule has 222 valence electrons. The second-order valence-electron chi connectivity index (χ2n) is 9.97. The van der Waals surface area contributed by atoms with Gasteiger partial charge in [0.05, 0.1) is 13.7 Å². The summed E-state index contributed by atoms with van der Waals surface area (Å²) in [6, 6.07) is 4.84. The molecule has 1 saturated carbocycles. The van der Waals surface area contributed by atoms with Gasteiger partial charge in [-0.1, -0.05) is 55.8 Å². The zero-order valence-electron chi connectivity index (χ0n) is 23.5. The van der Waals surface area contributed by atoms with Crippen LogP contribution in [0.5, 0.6) is 0 Å². The quantitative estimate of drug-likeness (QED) is 0.287. The van der Waals surface area contributed by atoms with Gasteiger partial charge in [0.25, 0.3) is 0 Å². The Morgan fingerprint density at radius 3 is 2.45 bits per heavy atom. The standard InChI is InChI=1S/C28H41ClN4O7/c1-4-30-24(34)17-33(2)25(35)14-13-22(27(37)39-3)31-26(36)23(16-19-9-6-5-7-10-19)32-28(38)40-18-20-11-8-12-21(29)15-20/h8,11-12,15,19,22-23H,4-7,9-10,13-14,16-18H2,1-3H3,(H,30,34)(H,31,36)(H,32,38). The van der Waals surface area contributed by atoms with Crippen LogP contribution in [0.15, 0.2) is 24.3 Å². The molecule has 0 bridgehead atoms.